The van der Waals surface area contributed by atoms with Crippen molar-refractivity contribution >= 4 is 62.3 Å². The number of nitrogens with zero attached hydrogens (tertiary/aromatic N) is 4. The normalized spacial score (nSPS) is 19.4. The number of nitrogens with one attached hydrogen (secondary N) is 1. The van der Waals surface area contributed by atoms with Crippen LogP contribution in [0.15, 0.2) is 70.4 Å². The summed E-state index contributed by atoms with van der Waals surface area (Å²) in [7, 11) is 0. The Hall–Kier alpha value is -3.36. The maximum atomic E-state index is 13.0. The molecule has 7 nitrogen and oxygen atoms in total. The number of carbonyl (C=O) groups is 1. The number of benzene rings is 2. The van der Waals surface area contributed by atoms with Gasteiger partial charge in [-0.25, -0.2) is 0 Å². The number of aliphatic imine (C=N–C) groups is 1. The number of thioether (sulfide) groups is 1. The van der Waals surface area contributed by atoms with E-state index in [0.717, 1.165) is 40.1 Å². The molecule has 3 aliphatic rings. The van der Waals surface area contributed by atoms with Crippen molar-refractivity contribution < 1.29 is 9.53 Å². The fourth-order valence-electron chi connectivity index (χ4n) is 5.04. The summed E-state index contributed by atoms with van der Waals surface area (Å²) in [5, 5.41) is 18.2. The van der Waals surface area contributed by atoms with Gasteiger partial charge in [-0.15, -0.1) is 0 Å². The summed E-state index contributed by atoms with van der Waals surface area (Å²) in [6.07, 6.45) is 9.65. The second-order valence-electron chi connectivity index (χ2n) is 9.39. The van der Waals surface area contributed by atoms with E-state index in [0.29, 0.717) is 29.3 Å². The molecule has 188 valence electrons. The Morgan fingerprint density at radius 3 is 2.70 bits per heavy atom. The number of halogens is 1. The molecule has 0 unspecified atom stereocenters. The second kappa shape index (κ2) is 10.2. The molecule has 0 atom stereocenters. The number of hydrogen-bond donors (Lipinski definition) is 1. The van der Waals surface area contributed by atoms with Gasteiger partial charge in [-0.2, -0.15) is 15.1 Å². The highest BCUT2D eigenvalue weighted by atomic mass is 35.5. The molecule has 2 aliphatic heterocycles. The lowest BCUT2D eigenvalue weighted by Gasteiger charge is -2.20. The van der Waals surface area contributed by atoms with E-state index in [-0.39, 0.29) is 11.4 Å². The van der Waals surface area contributed by atoms with Gasteiger partial charge < -0.3 is 9.30 Å². The summed E-state index contributed by atoms with van der Waals surface area (Å²) in [6.45, 7) is 1.10. The minimum atomic E-state index is -0.397. The van der Waals surface area contributed by atoms with Crippen LogP contribution in [0, 0.1) is 11.3 Å². The molecule has 1 fully saturated rings. The fourth-order valence-corrected chi connectivity index (χ4v) is 6.23. The number of amides is 1. The van der Waals surface area contributed by atoms with Crippen molar-refractivity contribution in [3.63, 3.8) is 0 Å². The van der Waals surface area contributed by atoms with Crippen molar-refractivity contribution in [2.45, 2.75) is 38.6 Å². The molecule has 3 heterocycles. The first kappa shape index (κ1) is 24.0. The average Bonchev–Trinajstić information content (AvgIpc) is 3.50. The molecule has 3 aromatic rings. The number of amidine groups is 2. The predicted molar refractivity (Wildman–Crippen MR) is 150 cm³/mol. The SMILES string of the molecule is N=C1/C(=C/c2cn(CCOc3ccc(Cl)cc3)c3ccccc23)C(=O)N=C2SC(C3CCCCC3)=NN12. The van der Waals surface area contributed by atoms with Crippen molar-refractivity contribution in [1.82, 2.24) is 9.58 Å². The van der Waals surface area contributed by atoms with Crippen molar-refractivity contribution in [2.75, 3.05) is 6.61 Å². The van der Waals surface area contributed by atoms with Crippen LogP contribution >= 0.6 is 23.4 Å². The van der Waals surface area contributed by atoms with Crippen LogP contribution in [-0.4, -0.2) is 38.1 Å². The van der Waals surface area contributed by atoms with E-state index in [2.05, 4.69) is 9.56 Å². The van der Waals surface area contributed by atoms with Crippen LogP contribution in [0.1, 0.15) is 37.7 Å². The molecule has 0 radical (unpaired) electrons. The number of ether oxygens (including phenoxy) is 1. The highest BCUT2D eigenvalue weighted by Gasteiger charge is 2.38. The minimum Gasteiger partial charge on any atom is -0.492 e. The Labute approximate surface area is 224 Å². The van der Waals surface area contributed by atoms with Crippen molar-refractivity contribution in [3.8, 4) is 5.75 Å². The topological polar surface area (TPSA) is 83.0 Å². The van der Waals surface area contributed by atoms with Gasteiger partial charge in [0.15, 0.2) is 5.84 Å². The molecule has 37 heavy (non-hydrogen) atoms. The molecule has 6 rings (SSSR count). The Morgan fingerprint density at radius 1 is 1.11 bits per heavy atom. The van der Waals surface area contributed by atoms with E-state index in [9.17, 15) is 4.79 Å². The zero-order valence-corrected chi connectivity index (χ0v) is 21.8. The third kappa shape index (κ3) is 4.83. The maximum absolute atomic E-state index is 13.0. The zero-order chi connectivity index (χ0) is 25.4. The highest BCUT2D eigenvalue weighted by Crippen LogP contribution is 2.36. The molecule has 1 amide bonds. The van der Waals surface area contributed by atoms with Crippen molar-refractivity contribution in [3.05, 3.63) is 70.9 Å². The summed E-state index contributed by atoms with van der Waals surface area (Å²) in [6, 6.07) is 15.3. The molecule has 0 saturated heterocycles. The van der Waals surface area contributed by atoms with Gasteiger partial charge in [0, 0.05) is 33.6 Å². The Bertz CT molecular complexity index is 1470. The van der Waals surface area contributed by atoms with Gasteiger partial charge in [0.05, 0.1) is 12.1 Å². The summed E-state index contributed by atoms with van der Waals surface area (Å²) in [5.41, 5.74) is 2.14. The van der Waals surface area contributed by atoms with Crippen molar-refractivity contribution in [2.24, 2.45) is 16.0 Å². The number of para-hydroxylation sites is 1. The molecular formula is C28H26ClN5O2S. The average molecular weight is 532 g/mol. The lowest BCUT2D eigenvalue weighted by Crippen LogP contribution is -2.35. The van der Waals surface area contributed by atoms with E-state index in [1.54, 1.807) is 18.2 Å². The minimum absolute atomic E-state index is 0.0798. The van der Waals surface area contributed by atoms with Gasteiger partial charge in [0.25, 0.3) is 5.91 Å². The van der Waals surface area contributed by atoms with Gasteiger partial charge in [0.2, 0.25) is 5.17 Å². The first-order valence-corrected chi connectivity index (χ1v) is 13.7. The van der Waals surface area contributed by atoms with E-state index in [1.807, 2.05) is 42.6 Å². The summed E-state index contributed by atoms with van der Waals surface area (Å²) in [4.78, 5) is 17.3. The van der Waals surface area contributed by atoms with Gasteiger partial charge in [-0.05, 0) is 61.0 Å². The molecule has 2 aromatic carbocycles. The number of carbonyl (C=O) groups excluding carboxylic acids is 1. The summed E-state index contributed by atoms with van der Waals surface area (Å²) >= 11 is 7.40. The third-order valence-corrected chi connectivity index (χ3v) is 8.28. The van der Waals surface area contributed by atoms with E-state index in [4.69, 9.17) is 26.8 Å². The summed E-state index contributed by atoms with van der Waals surface area (Å²) < 4.78 is 8.00. The molecule has 1 saturated carbocycles. The van der Waals surface area contributed by atoms with E-state index >= 15 is 0 Å². The molecule has 0 spiro atoms. The van der Waals surface area contributed by atoms with Gasteiger partial charge >= 0.3 is 0 Å². The first-order chi connectivity index (χ1) is 18.1. The van der Waals surface area contributed by atoms with Gasteiger partial charge in [-0.3, -0.25) is 10.2 Å². The molecule has 0 bridgehead atoms. The third-order valence-electron chi connectivity index (χ3n) is 6.96. The number of hydrogen-bond acceptors (Lipinski definition) is 5. The standard InChI is InChI=1S/C28H26ClN5O2S/c29-20-10-12-21(13-11-20)36-15-14-33-17-19(22-8-4-5-9-24(22)33)16-23-25(30)34-28(31-26(23)35)37-27(32-34)18-6-2-1-3-7-18/h4-5,8-13,16-18,30H,1-3,6-7,14-15H2/b23-16-,30-25?. The molecule has 1 aliphatic carbocycles. The predicted octanol–water partition coefficient (Wildman–Crippen LogP) is 6.57. The number of hydrazone groups is 1. The maximum Gasteiger partial charge on any atom is 0.283 e. The molecule has 9 heteroatoms. The number of fused-ring (bicyclic) bond motifs is 2. The van der Waals surface area contributed by atoms with Crippen LogP contribution in [0.4, 0.5) is 0 Å². The van der Waals surface area contributed by atoms with E-state index < -0.39 is 5.91 Å². The smallest absolute Gasteiger partial charge is 0.283 e. The molecular weight excluding hydrogens is 506 g/mol. The largest absolute Gasteiger partial charge is 0.492 e. The van der Waals surface area contributed by atoms with Crippen LogP contribution in [0.25, 0.3) is 17.0 Å². The van der Waals surface area contributed by atoms with Crippen LogP contribution < -0.4 is 4.74 Å². The fraction of sp³-hybridized carbons (Fsp3) is 0.286. The van der Waals surface area contributed by atoms with Gasteiger partial charge in [-0.1, -0.05) is 49.1 Å². The molecule has 1 aromatic heterocycles. The summed E-state index contributed by atoms with van der Waals surface area (Å²) in [5.74, 6) is 0.841. The quantitative estimate of drug-likeness (QED) is 0.364. The first-order valence-electron chi connectivity index (χ1n) is 12.5. The van der Waals surface area contributed by atoms with Gasteiger partial charge in [0.1, 0.15) is 17.4 Å². The number of aromatic nitrogens is 1. The monoisotopic (exact) mass is 531 g/mol. The van der Waals surface area contributed by atoms with Crippen LogP contribution in [0.2, 0.25) is 5.02 Å². The number of rotatable bonds is 6. The Balaban J connectivity index is 1.25. The Kier molecular flexibility index (Phi) is 6.61. The van der Waals surface area contributed by atoms with Crippen LogP contribution in [-0.2, 0) is 11.3 Å². The zero-order valence-electron chi connectivity index (χ0n) is 20.2. The second-order valence-corrected chi connectivity index (χ2v) is 10.8. The molecule has 1 N–H and O–H groups in total. The van der Waals surface area contributed by atoms with Crippen molar-refractivity contribution in [1.29, 1.82) is 5.41 Å². The van der Waals surface area contributed by atoms with Crippen LogP contribution in [0.3, 0.4) is 0 Å². The lowest BCUT2D eigenvalue weighted by atomic mass is 9.90. The van der Waals surface area contributed by atoms with E-state index in [1.165, 1.54) is 36.0 Å². The van der Waals surface area contributed by atoms with Crippen LogP contribution in [0.5, 0.6) is 5.75 Å². The lowest BCUT2D eigenvalue weighted by molar-refractivity contribution is -0.114. The Morgan fingerprint density at radius 2 is 1.89 bits per heavy atom. The highest BCUT2D eigenvalue weighted by molar-refractivity contribution is 8.27.